The van der Waals surface area contributed by atoms with Crippen LogP contribution in [0.15, 0.2) is 12.4 Å². The van der Waals surface area contributed by atoms with Crippen molar-refractivity contribution in [2.75, 3.05) is 17.3 Å². The number of thioether (sulfide) groups is 2. The molecule has 1 aromatic heterocycles. The summed E-state index contributed by atoms with van der Waals surface area (Å²) in [5.41, 5.74) is 0.780. The molecule has 0 radical (unpaired) electrons. The molecule has 0 amide bonds. The minimum atomic E-state index is 0.0207. The lowest BCUT2D eigenvalue weighted by Crippen LogP contribution is -2.10. The SMILES string of the molecule is OCc1cnc(C2CSCCS2)nc1. The third kappa shape index (κ3) is 2.40. The number of hydrogen-bond donors (Lipinski definition) is 1. The van der Waals surface area contributed by atoms with Gasteiger partial charge in [-0.25, -0.2) is 9.97 Å². The molecule has 2 heterocycles. The van der Waals surface area contributed by atoms with Gasteiger partial charge in [0.1, 0.15) is 5.82 Å². The molecule has 1 unspecified atom stereocenters. The number of aliphatic hydroxyl groups excluding tert-OH is 1. The first kappa shape index (κ1) is 10.3. The third-order valence-electron chi connectivity index (χ3n) is 2.01. The maximum atomic E-state index is 8.85. The molecule has 0 aliphatic carbocycles. The second kappa shape index (κ2) is 5.00. The molecule has 1 aliphatic heterocycles. The maximum Gasteiger partial charge on any atom is 0.141 e. The Morgan fingerprint density at radius 2 is 2.14 bits per heavy atom. The van der Waals surface area contributed by atoms with Gasteiger partial charge in [-0.3, -0.25) is 0 Å². The molecule has 1 atom stereocenters. The third-order valence-corrected chi connectivity index (χ3v) is 4.76. The van der Waals surface area contributed by atoms with Crippen molar-refractivity contribution in [3.8, 4) is 0 Å². The summed E-state index contributed by atoms with van der Waals surface area (Å²) >= 11 is 3.88. The van der Waals surface area contributed by atoms with E-state index in [9.17, 15) is 0 Å². The van der Waals surface area contributed by atoms with Crippen molar-refractivity contribution < 1.29 is 5.11 Å². The van der Waals surface area contributed by atoms with E-state index < -0.39 is 0 Å². The Labute approximate surface area is 91.7 Å². The zero-order valence-corrected chi connectivity index (χ0v) is 9.35. The van der Waals surface area contributed by atoms with Crippen molar-refractivity contribution in [3.63, 3.8) is 0 Å². The number of hydrogen-bond acceptors (Lipinski definition) is 5. The maximum absolute atomic E-state index is 8.85. The Morgan fingerprint density at radius 1 is 1.36 bits per heavy atom. The minimum Gasteiger partial charge on any atom is -0.392 e. The lowest BCUT2D eigenvalue weighted by atomic mass is 10.3. The van der Waals surface area contributed by atoms with E-state index in [0.717, 1.165) is 17.1 Å². The van der Waals surface area contributed by atoms with Gasteiger partial charge in [-0.05, 0) is 0 Å². The van der Waals surface area contributed by atoms with E-state index in [2.05, 4.69) is 9.97 Å². The van der Waals surface area contributed by atoms with Crippen molar-refractivity contribution in [1.29, 1.82) is 0 Å². The Morgan fingerprint density at radius 3 is 2.71 bits per heavy atom. The molecule has 3 nitrogen and oxygen atoms in total. The molecule has 1 aliphatic rings. The van der Waals surface area contributed by atoms with Crippen LogP contribution in [0, 0.1) is 0 Å². The smallest absolute Gasteiger partial charge is 0.141 e. The van der Waals surface area contributed by atoms with E-state index in [-0.39, 0.29) is 6.61 Å². The van der Waals surface area contributed by atoms with E-state index in [1.165, 1.54) is 11.5 Å². The van der Waals surface area contributed by atoms with Gasteiger partial charge >= 0.3 is 0 Å². The fourth-order valence-electron chi connectivity index (χ4n) is 1.25. The van der Waals surface area contributed by atoms with Crippen LogP contribution in [0.3, 0.4) is 0 Å². The first-order chi connectivity index (χ1) is 6.90. The highest BCUT2D eigenvalue weighted by Crippen LogP contribution is 2.34. The number of rotatable bonds is 2. The molecular weight excluding hydrogens is 216 g/mol. The molecule has 2 rings (SSSR count). The van der Waals surface area contributed by atoms with Crippen molar-refractivity contribution in [3.05, 3.63) is 23.8 Å². The second-order valence-corrected chi connectivity index (χ2v) is 5.50. The van der Waals surface area contributed by atoms with E-state index in [1.807, 2.05) is 23.5 Å². The van der Waals surface area contributed by atoms with Gasteiger partial charge in [-0.15, -0.1) is 11.8 Å². The molecule has 0 aromatic carbocycles. The van der Waals surface area contributed by atoms with Crippen LogP contribution in [0.2, 0.25) is 0 Å². The monoisotopic (exact) mass is 228 g/mol. The average Bonchev–Trinajstić information content (AvgIpc) is 2.30. The van der Waals surface area contributed by atoms with Crippen LogP contribution in [-0.4, -0.2) is 32.3 Å². The van der Waals surface area contributed by atoms with Crippen LogP contribution in [0.4, 0.5) is 0 Å². The molecule has 1 fully saturated rings. The summed E-state index contributed by atoms with van der Waals surface area (Å²) in [6.07, 6.45) is 3.42. The average molecular weight is 228 g/mol. The van der Waals surface area contributed by atoms with Crippen molar-refractivity contribution in [2.45, 2.75) is 11.9 Å². The van der Waals surface area contributed by atoms with Crippen LogP contribution in [-0.2, 0) is 6.61 Å². The van der Waals surface area contributed by atoms with Crippen molar-refractivity contribution in [1.82, 2.24) is 9.97 Å². The predicted molar refractivity (Wildman–Crippen MR) is 60.5 cm³/mol. The zero-order chi connectivity index (χ0) is 9.80. The first-order valence-corrected chi connectivity index (χ1v) is 6.71. The van der Waals surface area contributed by atoms with Crippen LogP contribution >= 0.6 is 23.5 Å². The molecule has 76 valence electrons. The number of aromatic nitrogens is 2. The van der Waals surface area contributed by atoms with Gasteiger partial charge in [0.2, 0.25) is 0 Å². The van der Waals surface area contributed by atoms with Gasteiger partial charge in [0.05, 0.1) is 11.9 Å². The van der Waals surface area contributed by atoms with Crippen LogP contribution in [0.25, 0.3) is 0 Å². The standard InChI is InChI=1S/C9H12N2OS2/c12-5-7-3-10-9(11-4-7)8-6-13-1-2-14-8/h3-4,8,12H,1-2,5-6H2. The predicted octanol–water partition coefficient (Wildman–Crippen LogP) is 1.49. The molecule has 0 bridgehead atoms. The molecule has 14 heavy (non-hydrogen) atoms. The summed E-state index contributed by atoms with van der Waals surface area (Å²) in [6, 6.07) is 0. The highest BCUT2D eigenvalue weighted by molar-refractivity contribution is 8.06. The Kier molecular flexibility index (Phi) is 3.67. The summed E-state index contributed by atoms with van der Waals surface area (Å²) < 4.78 is 0. The number of nitrogens with zero attached hydrogens (tertiary/aromatic N) is 2. The van der Waals surface area contributed by atoms with Crippen LogP contribution in [0.5, 0.6) is 0 Å². The largest absolute Gasteiger partial charge is 0.392 e. The molecule has 5 heteroatoms. The lowest BCUT2D eigenvalue weighted by Gasteiger charge is -2.19. The summed E-state index contributed by atoms with van der Waals surface area (Å²) in [7, 11) is 0. The second-order valence-electron chi connectivity index (χ2n) is 3.04. The van der Waals surface area contributed by atoms with Crippen LogP contribution < -0.4 is 0 Å². The molecule has 1 N–H and O–H groups in total. The van der Waals surface area contributed by atoms with Crippen molar-refractivity contribution in [2.24, 2.45) is 0 Å². The lowest BCUT2D eigenvalue weighted by molar-refractivity contribution is 0.280. The fraction of sp³-hybridized carbons (Fsp3) is 0.556. The van der Waals surface area contributed by atoms with Gasteiger partial charge < -0.3 is 5.11 Å². The summed E-state index contributed by atoms with van der Waals surface area (Å²) in [5.74, 6) is 4.42. The molecular formula is C9H12N2OS2. The van der Waals surface area contributed by atoms with E-state index in [0.29, 0.717) is 5.25 Å². The molecule has 0 saturated carbocycles. The van der Waals surface area contributed by atoms with E-state index >= 15 is 0 Å². The first-order valence-electron chi connectivity index (χ1n) is 4.51. The van der Waals surface area contributed by atoms with Gasteiger partial charge in [0.25, 0.3) is 0 Å². The highest BCUT2D eigenvalue weighted by Gasteiger charge is 2.18. The van der Waals surface area contributed by atoms with E-state index in [4.69, 9.17) is 5.11 Å². The number of aliphatic hydroxyl groups is 1. The quantitative estimate of drug-likeness (QED) is 0.831. The van der Waals surface area contributed by atoms with E-state index in [1.54, 1.807) is 12.4 Å². The molecule has 1 saturated heterocycles. The summed E-state index contributed by atoms with van der Waals surface area (Å²) in [4.78, 5) is 8.54. The van der Waals surface area contributed by atoms with Crippen molar-refractivity contribution >= 4 is 23.5 Å². The Balaban J connectivity index is 2.07. The van der Waals surface area contributed by atoms with Crippen LogP contribution in [0.1, 0.15) is 16.6 Å². The van der Waals surface area contributed by atoms with Gasteiger partial charge in [-0.2, -0.15) is 11.8 Å². The molecule has 1 aromatic rings. The Bertz CT molecular complexity index is 285. The zero-order valence-electron chi connectivity index (χ0n) is 7.72. The topological polar surface area (TPSA) is 46.0 Å². The van der Waals surface area contributed by atoms with Gasteiger partial charge in [0.15, 0.2) is 0 Å². The minimum absolute atomic E-state index is 0.0207. The normalized spacial score (nSPS) is 22.2. The summed E-state index contributed by atoms with van der Waals surface area (Å²) in [6.45, 7) is 0.0207. The Hall–Kier alpha value is -0.260. The van der Waals surface area contributed by atoms with Gasteiger partial charge in [-0.1, -0.05) is 0 Å². The highest BCUT2D eigenvalue weighted by atomic mass is 32.2. The van der Waals surface area contributed by atoms with Gasteiger partial charge in [0, 0.05) is 35.2 Å². The summed E-state index contributed by atoms with van der Waals surface area (Å²) in [5, 5.41) is 9.28. The molecule has 0 spiro atoms. The fourth-order valence-corrected chi connectivity index (χ4v) is 3.86.